The van der Waals surface area contributed by atoms with Gasteiger partial charge in [-0.05, 0) is 39.5 Å². The summed E-state index contributed by atoms with van der Waals surface area (Å²) < 4.78 is 10.2. The Labute approximate surface area is 151 Å². The minimum atomic E-state index is -0.689. The molecule has 1 atom stereocenters. The Morgan fingerprint density at radius 2 is 1.72 bits per heavy atom. The van der Waals surface area contributed by atoms with Gasteiger partial charge >= 0.3 is 12.1 Å². The zero-order valence-corrected chi connectivity index (χ0v) is 16.4. The van der Waals surface area contributed by atoms with Gasteiger partial charge in [0.1, 0.15) is 11.6 Å². The van der Waals surface area contributed by atoms with Crippen molar-refractivity contribution >= 4 is 18.0 Å². The maximum absolute atomic E-state index is 12.2. The fraction of sp³-hybridized carbons (Fsp3) is 0.833. The summed E-state index contributed by atoms with van der Waals surface area (Å²) in [5, 5.41) is 5.33. The van der Waals surface area contributed by atoms with Gasteiger partial charge < -0.3 is 20.1 Å². The highest BCUT2D eigenvalue weighted by Crippen LogP contribution is 2.09. The number of carbonyl (C=O) groups excluding carboxylic acids is 3. The number of esters is 1. The number of alkyl carbamates (subject to hydrolysis) is 1. The molecule has 0 radical (unpaired) electrons. The molecule has 0 rings (SSSR count). The quantitative estimate of drug-likeness (QED) is 0.463. The summed E-state index contributed by atoms with van der Waals surface area (Å²) in [6.45, 7) is 11.8. The molecule has 7 nitrogen and oxygen atoms in total. The molecule has 0 aromatic heterocycles. The molecule has 0 spiro atoms. The fourth-order valence-corrected chi connectivity index (χ4v) is 1.93. The minimum Gasteiger partial charge on any atom is -0.466 e. The van der Waals surface area contributed by atoms with Crippen LogP contribution < -0.4 is 10.6 Å². The molecule has 25 heavy (non-hydrogen) atoms. The lowest BCUT2D eigenvalue weighted by molar-refractivity contribution is -0.144. The smallest absolute Gasteiger partial charge is 0.408 e. The van der Waals surface area contributed by atoms with Crippen molar-refractivity contribution in [3.05, 3.63) is 0 Å². The van der Waals surface area contributed by atoms with Crippen LogP contribution in [0.5, 0.6) is 0 Å². The van der Waals surface area contributed by atoms with Crippen LogP contribution in [-0.2, 0) is 19.1 Å². The average molecular weight is 358 g/mol. The summed E-state index contributed by atoms with van der Waals surface area (Å²) in [4.78, 5) is 35.6. The monoisotopic (exact) mass is 358 g/mol. The van der Waals surface area contributed by atoms with Crippen LogP contribution in [0, 0.1) is 5.92 Å². The lowest BCUT2D eigenvalue weighted by atomic mass is 10.0. The number of unbranched alkanes of at least 4 members (excludes halogenated alkanes) is 1. The third-order valence-electron chi connectivity index (χ3n) is 3.24. The maximum Gasteiger partial charge on any atom is 0.408 e. The van der Waals surface area contributed by atoms with E-state index >= 15 is 0 Å². The van der Waals surface area contributed by atoms with Gasteiger partial charge in [0, 0.05) is 13.0 Å². The second-order valence-electron chi connectivity index (χ2n) is 7.34. The van der Waals surface area contributed by atoms with Crippen molar-refractivity contribution in [3.8, 4) is 0 Å². The number of ether oxygens (including phenoxy) is 2. The molecule has 146 valence electrons. The molecule has 0 aromatic carbocycles. The number of hydrogen-bond acceptors (Lipinski definition) is 5. The molecule has 0 aromatic rings. The highest BCUT2D eigenvalue weighted by Gasteiger charge is 2.26. The van der Waals surface area contributed by atoms with Gasteiger partial charge in [0.2, 0.25) is 5.91 Å². The van der Waals surface area contributed by atoms with Crippen LogP contribution in [0.1, 0.15) is 67.2 Å². The van der Waals surface area contributed by atoms with Crippen molar-refractivity contribution in [1.82, 2.24) is 10.6 Å². The van der Waals surface area contributed by atoms with Crippen molar-refractivity contribution < 1.29 is 23.9 Å². The topological polar surface area (TPSA) is 93.7 Å². The zero-order valence-electron chi connectivity index (χ0n) is 16.4. The van der Waals surface area contributed by atoms with Crippen LogP contribution in [0.2, 0.25) is 0 Å². The zero-order chi connectivity index (χ0) is 19.5. The van der Waals surface area contributed by atoms with Crippen LogP contribution >= 0.6 is 0 Å². The SMILES string of the molecule is CCCCOC(=O)CCCNC(=O)[C@@H](NC(=O)OC(C)(C)C)C(C)C. The first kappa shape index (κ1) is 23.2. The standard InChI is InChI=1S/C18H34N2O5/c1-7-8-12-24-14(21)10-9-11-19-16(22)15(13(2)3)20-17(23)25-18(4,5)6/h13,15H,7-12H2,1-6H3,(H,19,22)(H,20,23)/t15-/m0/s1. The summed E-state index contributed by atoms with van der Waals surface area (Å²) in [7, 11) is 0. The number of amides is 2. The van der Waals surface area contributed by atoms with Gasteiger partial charge in [0.25, 0.3) is 0 Å². The first-order valence-corrected chi connectivity index (χ1v) is 8.99. The lowest BCUT2D eigenvalue weighted by Gasteiger charge is -2.25. The van der Waals surface area contributed by atoms with E-state index < -0.39 is 17.7 Å². The third kappa shape index (κ3) is 12.3. The Morgan fingerprint density at radius 3 is 2.24 bits per heavy atom. The van der Waals surface area contributed by atoms with Crippen LogP contribution in [0.3, 0.4) is 0 Å². The van der Waals surface area contributed by atoms with Gasteiger partial charge in [-0.15, -0.1) is 0 Å². The van der Waals surface area contributed by atoms with Gasteiger partial charge in [-0.3, -0.25) is 9.59 Å². The van der Waals surface area contributed by atoms with E-state index in [9.17, 15) is 14.4 Å². The maximum atomic E-state index is 12.2. The molecule has 0 bridgehead atoms. The molecule has 0 heterocycles. The van der Waals surface area contributed by atoms with E-state index in [0.717, 1.165) is 12.8 Å². The Bertz CT molecular complexity index is 430. The van der Waals surface area contributed by atoms with Gasteiger partial charge in [-0.1, -0.05) is 27.2 Å². The van der Waals surface area contributed by atoms with Crippen LogP contribution in [-0.4, -0.2) is 42.8 Å². The Hall–Kier alpha value is -1.79. The van der Waals surface area contributed by atoms with Gasteiger partial charge in [0.05, 0.1) is 6.61 Å². The number of hydrogen-bond donors (Lipinski definition) is 2. The molecule has 0 aliphatic rings. The van der Waals surface area contributed by atoms with Gasteiger partial charge in [-0.2, -0.15) is 0 Å². The predicted molar refractivity (Wildman–Crippen MR) is 96.1 cm³/mol. The summed E-state index contributed by atoms with van der Waals surface area (Å²) >= 11 is 0. The fourth-order valence-electron chi connectivity index (χ4n) is 1.93. The second kappa shape index (κ2) is 11.7. The molecule has 0 aliphatic carbocycles. The Balaban J connectivity index is 4.21. The molecular weight excluding hydrogens is 324 g/mol. The molecule has 2 N–H and O–H groups in total. The van der Waals surface area contributed by atoms with Crippen molar-refractivity contribution in [1.29, 1.82) is 0 Å². The normalized spacial score (nSPS) is 12.4. The predicted octanol–water partition coefficient (Wildman–Crippen LogP) is 2.78. The van der Waals surface area contributed by atoms with Crippen molar-refractivity contribution in [3.63, 3.8) is 0 Å². The van der Waals surface area contributed by atoms with Gasteiger partial charge in [0.15, 0.2) is 0 Å². The summed E-state index contributed by atoms with van der Waals surface area (Å²) in [5.74, 6) is -0.637. The summed E-state index contributed by atoms with van der Waals surface area (Å²) in [5.41, 5.74) is -0.625. The average Bonchev–Trinajstić information content (AvgIpc) is 2.47. The minimum absolute atomic E-state index is 0.0912. The van der Waals surface area contributed by atoms with Gasteiger partial charge in [-0.25, -0.2) is 4.79 Å². The highest BCUT2D eigenvalue weighted by atomic mass is 16.6. The Kier molecular flexibility index (Phi) is 10.9. The van der Waals surface area contributed by atoms with Crippen LogP contribution in [0.25, 0.3) is 0 Å². The first-order chi connectivity index (χ1) is 11.6. The molecular formula is C18H34N2O5. The van der Waals surface area contributed by atoms with E-state index in [-0.39, 0.29) is 24.2 Å². The van der Waals surface area contributed by atoms with E-state index in [0.29, 0.717) is 19.6 Å². The molecule has 2 amide bonds. The van der Waals surface area contributed by atoms with Crippen LogP contribution in [0.4, 0.5) is 4.79 Å². The van der Waals surface area contributed by atoms with E-state index in [1.54, 1.807) is 20.8 Å². The van der Waals surface area contributed by atoms with E-state index in [1.165, 1.54) is 0 Å². The molecule has 0 saturated carbocycles. The summed E-state index contributed by atoms with van der Waals surface area (Å²) in [6.07, 6.45) is 1.96. The van der Waals surface area contributed by atoms with Crippen molar-refractivity contribution in [2.45, 2.75) is 78.9 Å². The molecule has 0 aliphatic heterocycles. The van der Waals surface area contributed by atoms with E-state index in [2.05, 4.69) is 10.6 Å². The summed E-state index contributed by atoms with van der Waals surface area (Å²) in [6, 6.07) is -0.689. The number of carbonyl (C=O) groups is 3. The first-order valence-electron chi connectivity index (χ1n) is 8.99. The van der Waals surface area contributed by atoms with Crippen molar-refractivity contribution in [2.24, 2.45) is 5.92 Å². The molecule has 0 fully saturated rings. The number of nitrogens with one attached hydrogen (secondary N) is 2. The Morgan fingerprint density at radius 1 is 1.08 bits per heavy atom. The second-order valence-corrected chi connectivity index (χ2v) is 7.34. The lowest BCUT2D eigenvalue weighted by Crippen LogP contribution is -2.51. The van der Waals surface area contributed by atoms with E-state index in [4.69, 9.17) is 9.47 Å². The van der Waals surface area contributed by atoms with E-state index in [1.807, 2.05) is 20.8 Å². The molecule has 0 saturated heterocycles. The van der Waals surface area contributed by atoms with Crippen LogP contribution in [0.15, 0.2) is 0 Å². The molecule has 7 heteroatoms. The number of rotatable bonds is 10. The third-order valence-corrected chi connectivity index (χ3v) is 3.24. The largest absolute Gasteiger partial charge is 0.466 e. The van der Waals surface area contributed by atoms with Crippen molar-refractivity contribution in [2.75, 3.05) is 13.2 Å². The molecule has 0 unspecified atom stereocenters. The highest BCUT2D eigenvalue weighted by molar-refractivity contribution is 5.85.